The summed E-state index contributed by atoms with van der Waals surface area (Å²) in [6, 6.07) is 9.59. The van der Waals surface area contributed by atoms with Gasteiger partial charge >= 0.3 is 0 Å². The minimum Gasteiger partial charge on any atom is -0.293 e. The van der Waals surface area contributed by atoms with Gasteiger partial charge in [0.2, 0.25) is 0 Å². The molecular formula is C14H17Cl2N. The summed E-state index contributed by atoms with van der Waals surface area (Å²) in [7, 11) is 0. The van der Waals surface area contributed by atoms with Gasteiger partial charge < -0.3 is 0 Å². The van der Waals surface area contributed by atoms with Gasteiger partial charge in [-0.1, -0.05) is 23.7 Å². The highest BCUT2D eigenvalue weighted by atomic mass is 35.5. The number of alkyl halides is 1. The van der Waals surface area contributed by atoms with Crippen molar-refractivity contribution in [2.24, 2.45) is 0 Å². The van der Waals surface area contributed by atoms with Gasteiger partial charge in [0.25, 0.3) is 0 Å². The van der Waals surface area contributed by atoms with Crippen molar-refractivity contribution in [1.29, 1.82) is 0 Å². The van der Waals surface area contributed by atoms with Crippen molar-refractivity contribution in [2.75, 3.05) is 0 Å². The van der Waals surface area contributed by atoms with E-state index in [1.54, 1.807) is 0 Å². The first kappa shape index (κ1) is 11.8. The van der Waals surface area contributed by atoms with Gasteiger partial charge in [0.1, 0.15) is 0 Å². The topological polar surface area (TPSA) is 3.24 Å². The number of hydrogen-bond acceptors (Lipinski definition) is 1. The highest BCUT2D eigenvalue weighted by Gasteiger charge is 2.39. The van der Waals surface area contributed by atoms with Gasteiger partial charge in [-0.3, -0.25) is 4.90 Å². The van der Waals surface area contributed by atoms with Crippen molar-refractivity contribution < 1.29 is 0 Å². The van der Waals surface area contributed by atoms with E-state index in [0.717, 1.165) is 24.4 Å². The molecule has 2 bridgehead atoms. The lowest BCUT2D eigenvalue weighted by Gasteiger charge is -2.37. The van der Waals surface area contributed by atoms with Crippen LogP contribution in [-0.4, -0.2) is 22.4 Å². The van der Waals surface area contributed by atoms with Gasteiger partial charge in [-0.15, -0.1) is 11.6 Å². The minimum atomic E-state index is 0.392. The molecule has 0 amide bonds. The van der Waals surface area contributed by atoms with Crippen molar-refractivity contribution in [2.45, 2.75) is 49.7 Å². The Bertz CT molecular complexity index is 393. The fourth-order valence-electron chi connectivity index (χ4n) is 3.31. The number of halogens is 2. The molecule has 3 rings (SSSR count). The molecule has 2 fully saturated rings. The normalized spacial score (nSPS) is 32.9. The lowest BCUT2D eigenvalue weighted by atomic mass is 10.0. The van der Waals surface area contributed by atoms with Crippen molar-refractivity contribution in [3.05, 3.63) is 34.9 Å². The Kier molecular flexibility index (Phi) is 3.34. The molecule has 2 aliphatic heterocycles. The summed E-state index contributed by atoms with van der Waals surface area (Å²) in [5.41, 5.74) is 1.32. The van der Waals surface area contributed by atoms with E-state index < -0.39 is 0 Å². The van der Waals surface area contributed by atoms with Crippen LogP contribution in [0.1, 0.15) is 31.2 Å². The summed E-state index contributed by atoms with van der Waals surface area (Å²) in [6.07, 6.45) is 4.93. The lowest BCUT2D eigenvalue weighted by molar-refractivity contribution is 0.134. The molecule has 1 nitrogen and oxygen atoms in total. The second-order valence-corrected chi connectivity index (χ2v) is 6.31. The summed E-state index contributed by atoms with van der Waals surface area (Å²) in [5, 5.41) is 1.23. The molecule has 17 heavy (non-hydrogen) atoms. The first-order chi connectivity index (χ1) is 8.22. The Labute approximate surface area is 113 Å². The van der Waals surface area contributed by atoms with Crippen molar-refractivity contribution in [3.63, 3.8) is 0 Å². The Morgan fingerprint density at radius 3 is 2.53 bits per heavy atom. The summed E-state index contributed by atoms with van der Waals surface area (Å²) >= 11 is 12.3. The molecule has 1 aromatic carbocycles. The molecule has 3 heteroatoms. The molecule has 0 saturated carbocycles. The number of benzene rings is 1. The molecular weight excluding hydrogens is 253 g/mol. The molecule has 0 spiro atoms. The molecule has 92 valence electrons. The second-order valence-electron chi connectivity index (χ2n) is 5.26. The van der Waals surface area contributed by atoms with E-state index in [1.807, 2.05) is 12.1 Å². The predicted molar refractivity (Wildman–Crippen MR) is 72.7 cm³/mol. The molecule has 0 N–H and O–H groups in total. The third kappa shape index (κ3) is 2.47. The van der Waals surface area contributed by atoms with Crippen molar-refractivity contribution >= 4 is 23.2 Å². The average molecular weight is 270 g/mol. The smallest absolute Gasteiger partial charge is 0.0409 e. The fourth-order valence-corrected chi connectivity index (χ4v) is 3.94. The monoisotopic (exact) mass is 269 g/mol. The Hall–Kier alpha value is -0.240. The highest BCUT2D eigenvalue weighted by Crippen LogP contribution is 2.38. The van der Waals surface area contributed by atoms with E-state index >= 15 is 0 Å². The maximum Gasteiger partial charge on any atom is 0.0409 e. The molecule has 1 aromatic rings. The maximum absolute atomic E-state index is 6.29. The molecule has 2 aliphatic rings. The zero-order chi connectivity index (χ0) is 11.8. The van der Waals surface area contributed by atoms with Gasteiger partial charge in [-0.05, 0) is 43.4 Å². The minimum absolute atomic E-state index is 0.392. The van der Waals surface area contributed by atoms with Crippen LogP contribution >= 0.6 is 23.2 Å². The van der Waals surface area contributed by atoms with Gasteiger partial charge in [0.05, 0.1) is 0 Å². The SMILES string of the molecule is Clc1cccc(CN2C3CCC2CC(Cl)C3)c1. The standard InChI is InChI=1S/C14H17Cl2N/c15-11-3-1-2-10(6-11)9-17-13-4-5-14(17)8-12(16)7-13/h1-3,6,12-14H,4-5,7-9H2. The van der Waals surface area contributed by atoms with E-state index in [9.17, 15) is 0 Å². The van der Waals surface area contributed by atoms with Crippen LogP contribution in [-0.2, 0) is 6.54 Å². The zero-order valence-corrected chi connectivity index (χ0v) is 11.3. The first-order valence-corrected chi connectivity index (χ1v) is 7.18. The van der Waals surface area contributed by atoms with E-state index in [2.05, 4.69) is 17.0 Å². The molecule has 2 heterocycles. The quantitative estimate of drug-likeness (QED) is 0.732. The fraction of sp³-hybridized carbons (Fsp3) is 0.571. The number of rotatable bonds is 2. The summed E-state index contributed by atoms with van der Waals surface area (Å²) in [6.45, 7) is 1.03. The van der Waals surface area contributed by atoms with Gasteiger partial charge in [0, 0.05) is 29.0 Å². The maximum atomic E-state index is 6.29. The predicted octanol–water partition coefficient (Wildman–Crippen LogP) is 4.07. The van der Waals surface area contributed by atoms with Gasteiger partial charge in [0.15, 0.2) is 0 Å². The van der Waals surface area contributed by atoms with E-state index in [4.69, 9.17) is 23.2 Å². The highest BCUT2D eigenvalue weighted by molar-refractivity contribution is 6.30. The molecule has 2 atom stereocenters. The number of fused-ring (bicyclic) bond motifs is 2. The Morgan fingerprint density at radius 1 is 1.18 bits per heavy atom. The zero-order valence-electron chi connectivity index (χ0n) is 9.78. The Balaban J connectivity index is 1.74. The van der Waals surface area contributed by atoms with E-state index in [-0.39, 0.29) is 0 Å². The molecule has 2 unspecified atom stereocenters. The van der Waals surface area contributed by atoms with Crippen LogP contribution in [0.3, 0.4) is 0 Å². The first-order valence-electron chi connectivity index (χ1n) is 6.36. The molecule has 2 saturated heterocycles. The molecule has 0 aromatic heterocycles. The third-order valence-electron chi connectivity index (χ3n) is 4.08. The number of piperidine rings is 1. The Morgan fingerprint density at radius 2 is 1.88 bits per heavy atom. The van der Waals surface area contributed by atoms with Crippen LogP contribution in [0.4, 0.5) is 0 Å². The van der Waals surface area contributed by atoms with Crippen LogP contribution in [0.2, 0.25) is 5.02 Å². The number of hydrogen-bond donors (Lipinski definition) is 0. The summed E-state index contributed by atoms with van der Waals surface area (Å²) in [5.74, 6) is 0. The van der Waals surface area contributed by atoms with Crippen LogP contribution in [0, 0.1) is 0 Å². The van der Waals surface area contributed by atoms with Crippen LogP contribution in [0.15, 0.2) is 24.3 Å². The molecule has 0 radical (unpaired) electrons. The van der Waals surface area contributed by atoms with Crippen LogP contribution < -0.4 is 0 Å². The van der Waals surface area contributed by atoms with Gasteiger partial charge in [-0.25, -0.2) is 0 Å². The van der Waals surface area contributed by atoms with E-state index in [1.165, 1.54) is 18.4 Å². The third-order valence-corrected chi connectivity index (χ3v) is 4.67. The van der Waals surface area contributed by atoms with Crippen molar-refractivity contribution in [3.8, 4) is 0 Å². The largest absolute Gasteiger partial charge is 0.293 e. The second kappa shape index (κ2) is 4.79. The lowest BCUT2D eigenvalue weighted by Crippen LogP contribution is -2.42. The average Bonchev–Trinajstić information content (AvgIpc) is 2.54. The summed E-state index contributed by atoms with van der Waals surface area (Å²) in [4.78, 5) is 2.63. The summed E-state index contributed by atoms with van der Waals surface area (Å²) < 4.78 is 0. The van der Waals surface area contributed by atoms with E-state index in [0.29, 0.717) is 17.5 Å². The van der Waals surface area contributed by atoms with Crippen LogP contribution in [0.5, 0.6) is 0 Å². The van der Waals surface area contributed by atoms with Crippen LogP contribution in [0.25, 0.3) is 0 Å². The van der Waals surface area contributed by atoms with Crippen molar-refractivity contribution in [1.82, 2.24) is 4.90 Å². The molecule has 0 aliphatic carbocycles. The van der Waals surface area contributed by atoms with Gasteiger partial charge in [-0.2, -0.15) is 0 Å². The number of nitrogens with zero attached hydrogens (tertiary/aromatic N) is 1.